The fraction of sp³-hybridized carbons (Fsp3) is 0.350. The topological polar surface area (TPSA) is 75.6 Å². The number of benzene rings is 1. The van der Waals surface area contributed by atoms with E-state index in [9.17, 15) is 4.79 Å². The van der Waals surface area contributed by atoms with Gasteiger partial charge in [0.1, 0.15) is 0 Å². The summed E-state index contributed by atoms with van der Waals surface area (Å²) < 4.78 is 1.84. The van der Waals surface area contributed by atoms with Crippen molar-refractivity contribution in [1.82, 2.24) is 20.0 Å². The maximum absolute atomic E-state index is 12.9. The van der Waals surface area contributed by atoms with Gasteiger partial charge in [0, 0.05) is 22.7 Å². The normalized spacial score (nSPS) is 14.0. The highest BCUT2D eigenvalue weighted by Gasteiger charge is 2.33. The van der Waals surface area contributed by atoms with Crippen LogP contribution in [-0.2, 0) is 0 Å². The van der Waals surface area contributed by atoms with Crippen molar-refractivity contribution in [1.29, 1.82) is 0 Å². The van der Waals surface area contributed by atoms with Crippen LogP contribution in [0.4, 0.5) is 5.82 Å². The van der Waals surface area contributed by atoms with E-state index in [1.807, 2.05) is 35.9 Å². The molecule has 6 nitrogen and oxygen atoms in total. The lowest BCUT2D eigenvalue weighted by molar-refractivity contribution is 0.102. The summed E-state index contributed by atoms with van der Waals surface area (Å²) in [4.78, 5) is 12.9. The average molecular weight is 384 g/mol. The number of aromatic amines is 1. The molecule has 2 heterocycles. The van der Waals surface area contributed by atoms with Crippen molar-refractivity contribution >= 4 is 23.3 Å². The molecule has 0 aliphatic heterocycles. The van der Waals surface area contributed by atoms with Gasteiger partial charge in [0.25, 0.3) is 5.91 Å². The number of anilines is 1. The number of aromatic nitrogens is 4. The van der Waals surface area contributed by atoms with Crippen LogP contribution in [0, 0.1) is 6.92 Å². The van der Waals surface area contributed by atoms with Crippen LogP contribution < -0.4 is 5.32 Å². The second-order valence-corrected chi connectivity index (χ2v) is 7.79. The minimum absolute atomic E-state index is 0.192. The standard InChI is InChI=1S/C20H22ClN5O/c1-11(2)17-9-18(25-24-17)23-20(27)15-10-22-26(19(15)13-5-6-13)14-7-4-12(3)16(21)8-14/h4,7-11,13H,5-6H2,1-3H3,(H2,23,24,25,27). The van der Waals surface area contributed by atoms with Crippen molar-refractivity contribution in [3.8, 4) is 5.69 Å². The van der Waals surface area contributed by atoms with Gasteiger partial charge in [-0.15, -0.1) is 0 Å². The number of hydrogen-bond acceptors (Lipinski definition) is 3. The zero-order chi connectivity index (χ0) is 19.1. The van der Waals surface area contributed by atoms with Crippen molar-refractivity contribution in [3.05, 3.63) is 58.0 Å². The number of rotatable bonds is 5. The summed E-state index contributed by atoms with van der Waals surface area (Å²) >= 11 is 6.28. The highest BCUT2D eigenvalue weighted by atomic mass is 35.5. The number of aryl methyl sites for hydroxylation is 1. The molecular weight excluding hydrogens is 362 g/mol. The van der Waals surface area contributed by atoms with Crippen LogP contribution in [0.2, 0.25) is 5.02 Å². The summed E-state index contributed by atoms with van der Waals surface area (Å²) in [6.07, 6.45) is 3.75. The third kappa shape index (κ3) is 3.49. The number of H-pyrrole nitrogens is 1. The quantitative estimate of drug-likeness (QED) is 0.663. The zero-order valence-corrected chi connectivity index (χ0v) is 16.3. The van der Waals surface area contributed by atoms with Gasteiger partial charge in [-0.1, -0.05) is 31.5 Å². The van der Waals surface area contributed by atoms with Gasteiger partial charge in [0.15, 0.2) is 5.82 Å². The van der Waals surface area contributed by atoms with Crippen molar-refractivity contribution < 1.29 is 4.79 Å². The van der Waals surface area contributed by atoms with E-state index >= 15 is 0 Å². The number of hydrogen-bond donors (Lipinski definition) is 2. The van der Waals surface area contributed by atoms with E-state index in [4.69, 9.17) is 11.6 Å². The Kier molecular flexibility index (Phi) is 4.52. The number of carbonyl (C=O) groups is 1. The van der Waals surface area contributed by atoms with Gasteiger partial charge >= 0.3 is 0 Å². The fourth-order valence-electron chi connectivity index (χ4n) is 3.08. The van der Waals surface area contributed by atoms with Gasteiger partial charge in [-0.05, 0) is 43.4 Å². The van der Waals surface area contributed by atoms with Crippen LogP contribution >= 0.6 is 11.6 Å². The van der Waals surface area contributed by atoms with Gasteiger partial charge < -0.3 is 5.32 Å². The molecule has 0 radical (unpaired) electrons. The molecule has 2 aromatic heterocycles. The van der Waals surface area contributed by atoms with E-state index in [2.05, 4.69) is 34.5 Å². The van der Waals surface area contributed by atoms with E-state index in [0.29, 0.717) is 28.2 Å². The molecule has 0 unspecified atom stereocenters. The Morgan fingerprint density at radius 2 is 2.11 bits per heavy atom. The molecule has 7 heteroatoms. The van der Waals surface area contributed by atoms with Crippen molar-refractivity contribution in [2.24, 2.45) is 0 Å². The van der Waals surface area contributed by atoms with E-state index in [-0.39, 0.29) is 5.91 Å². The molecule has 1 aromatic carbocycles. The van der Waals surface area contributed by atoms with Crippen LogP contribution in [0.5, 0.6) is 0 Å². The molecule has 0 saturated heterocycles. The lowest BCUT2D eigenvalue weighted by atomic mass is 10.1. The summed E-state index contributed by atoms with van der Waals surface area (Å²) in [5.74, 6) is 0.998. The first-order chi connectivity index (χ1) is 12.9. The van der Waals surface area contributed by atoms with E-state index in [1.165, 1.54) is 0 Å². The first-order valence-electron chi connectivity index (χ1n) is 9.15. The molecule has 3 aromatic rings. The molecule has 1 aliphatic rings. The van der Waals surface area contributed by atoms with Gasteiger partial charge in [-0.2, -0.15) is 10.2 Å². The Morgan fingerprint density at radius 1 is 1.33 bits per heavy atom. The summed E-state index contributed by atoms with van der Waals surface area (Å²) in [6, 6.07) is 7.70. The highest BCUT2D eigenvalue weighted by Crippen LogP contribution is 2.42. The van der Waals surface area contributed by atoms with Gasteiger partial charge in [0.05, 0.1) is 23.1 Å². The van der Waals surface area contributed by atoms with Gasteiger partial charge in [-0.25, -0.2) is 4.68 Å². The van der Waals surface area contributed by atoms with E-state index < -0.39 is 0 Å². The Morgan fingerprint density at radius 3 is 2.74 bits per heavy atom. The van der Waals surface area contributed by atoms with Crippen LogP contribution in [-0.4, -0.2) is 25.9 Å². The molecule has 0 bridgehead atoms. The second kappa shape index (κ2) is 6.85. The zero-order valence-electron chi connectivity index (χ0n) is 15.6. The molecular formula is C20H22ClN5O. The Hall–Kier alpha value is -2.60. The lowest BCUT2D eigenvalue weighted by Gasteiger charge is -2.10. The predicted octanol–water partition coefficient (Wildman–Crippen LogP) is 4.81. The molecule has 1 fully saturated rings. The van der Waals surface area contributed by atoms with Crippen LogP contribution in [0.3, 0.4) is 0 Å². The summed E-state index contributed by atoms with van der Waals surface area (Å²) in [7, 11) is 0. The summed E-state index contributed by atoms with van der Waals surface area (Å²) in [5.41, 5.74) is 4.39. The number of halogens is 1. The minimum Gasteiger partial charge on any atom is -0.305 e. The third-order valence-corrected chi connectivity index (χ3v) is 5.28. The maximum atomic E-state index is 12.9. The molecule has 0 atom stereocenters. The Bertz CT molecular complexity index is 1000. The number of nitrogens with zero attached hydrogens (tertiary/aromatic N) is 3. The van der Waals surface area contributed by atoms with Crippen molar-refractivity contribution in [2.45, 2.75) is 45.4 Å². The lowest BCUT2D eigenvalue weighted by Crippen LogP contribution is -2.14. The van der Waals surface area contributed by atoms with Gasteiger partial charge in [0.2, 0.25) is 0 Å². The molecule has 1 amide bonds. The SMILES string of the molecule is Cc1ccc(-n2ncc(C(=O)Nc3cc(C(C)C)[nH]n3)c2C2CC2)cc1Cl. The van der Waals surface area contributed by atoms with Crippen LogP contribution in [0.25, 0.3) is 5.69 Å². The molecule has 1 aliphatic carbocycles. The molecule has 0 spiro atoms. The molecule has 4 rings (SSSR count). The van der Waals surface area contributed by atoms with E-state index in [0.717, 1.165) is 35.5 Å². The average Bonchev–Trinajstić information content (AvgIpc) is 3.18. The van der Waals surface area contributed by atoms with Crippen molar-refractivity contribution in [2.75, 3.05) is 5.32 Å². The van der Waals surface area contributed by atoms with E-state index in [1.54, 1.807) is 6.20 Å². The number of nitrogens with one attached hydrogen (secondary N) is 2. The summed E-state index contributed by atoms with van der Waals surface area (Å²) in [5, 5.41) is 15.2. The largest absolute Gasteiger partial charge is 0.305 e. The van der Waals surface area contributed by atoms with Crippen LogP contribution in [0.15, 0.2) is 30.5 Å². The van der Waals surface area contributed by atoms with Crippen molar-refractivity contribution in [3.63, 3.8) is 0 Å². The highest BCUT2D eigenvalue weighted by molar-refractivity contribution is 6.31. The smallest absolute Gasteiger partial charge is 0.260 e. The Balaban J connectivity index is 1.65. The summed E-state index contributed by atoms with van der Waals surface area (Å²) in [6.45, 7) is 6.10. The first kappa shape index (κ1) is 17.8. The predicted molar refractivity (Wildman–Crippen MR) is 106 cm³/mol. The minimum atomic E-state index is -0.192. The van der Waals surface area contributed by atoms with Gasteiger partial charge in [-0.3, -0.25) is 9.89 Å². The molecule has 27 heavy (non-hydrogen) atoms. The van der Waals surface area contributed by atoms with Crippen LogP contribution in [0.1, 0.15) is 65.8 Å². The second-order valence-electron chi connectivity index (χ2n) is 7.38. The fourth-order valence-corrected chi connectivity index (χ4v) is 3.26. The number of amides is 1. The maximum Gasteiger partial charge on any atom is 0.260 e. The molecule has 140 valence electrons. The first-order valence-corrected chi connectivity index (χ1v) is 9.53. The molecule has 2 N–H and O–H groups in total. The Labute approximate surface area is 162 Å². The molecule has 1 saturated carbocycles. The number of carbonyl (C=O) groups excluding carboxylic acids is 1. The monoisotopic (exact) mass is 383 g/mol. The third-order valence-electron chi connectivity index (χ3n) is 4.88.